The minimum atomic E-state index is 0.223. The minimum absolute atomic E-state index is 0.223. The van der Waals surface area contributed by atoms with Crippen LogP contribution in [0.1, 0.15) is 12.5 Å². The van der Waals surface area contributed by atoms with Crippen molar-refractivity contribution in [2.45, 2.75) is 19.9 Å². The van der Waals surface area contributed by atoms with E-state index in [9.17, 15) is 0 Å². The molecule has 3 heteroatoms. The Hall–Kier alpha value is -1.51. The number of aryl methyl sites for hydroxylation is 1. The highest BCUT2D eigenvalue weighted by atomic mass is 16.5. The van der Waals surface area contributed by atoms with Crippen LogP contribution in [0.4, 0.5) is 5.69 Å². The zero-order chi connectivity index (χ0) is 11.4. The first kappa shape index (κ1) is 11.0. The molecule has 0 amide bonds. The van der Waals surface area contributed by atoms with Gasteiger partial charge in [-0.2, -0.15) is 0 Å². The Kier molecular flexibility index (Phi) is 3.44. The van der Waals surface area contributed by atoms with Crippen molar-refractivity contribution in [2.75, 3.05) is 24.6 Å². The number of aliphatic imine (C=N–C) groups is 1. The van der Waals surface area contributed by atoms with Crippen LogP contribution < -0.4 is 4.90 Å². The summed E-state index contributed by atoms with van der Waals surface area (Å²) in [5.74, 6) is 0. The predicted molar refractivity (Wildman–Crippen MR) is 66.2 cm³/mol. The molecule has 1 aromatic carbocycles. The van der Waals surface area contributed by atoms with Gasteiger partial charge < -0.3 is 9.64 Å². The molecule has 16 heavy (non-hydrogen) atoms. The van der Waals surface area contributed by atoms with Crippen LogP contribution in [0.25, 0.3) is 0 Å². The Morgan fingerprint density at radius 1 is 1.56 bits per heavy atom. The zero-order valence-electron chi connectivity index (χ0n) is 9.81. The SMILES string of the molecule is CCN(CC1CO[C]=N1)c1cccc(C)c1. The van der Waals surface area contributed by atoms with Gasteiger partial charge in [0.05, 0.1) is 0 Å². The van der Waals surface area contributed by atoms with E-state index in [1.54, 1.807) is 0 Å². The topological polar surface area (TPSA) is 24.8 Å². The van der Waals surface area contributed by atoms with E-state index in [-0.39, 0.29) is 6.04 Å². The highest BCUT2D eigenvalue weighted by molar-refractivity contribution is 5.51. The number of hydrogen-bond donors (Lipinski definition) is 0. The minimum Gasteiger partial charge on any atom is -0.472 e. The molecule has 0 aromatic heterocycles. The molecule has 0 bridgehead atoms. The van der Waals surface area contributed by atoms with Crippen LogP contribution in [0.3, 0.4) is 0 Å². The quantitative estimate of drug-likeness (QED) is 0.771. The monoisotopic (exact) mass is 217 g/mol. The lowest BCUT2D eigenvalue weighted by Crippen LogP contribution is -2.32. The maximum atomic E-state index is 5.02. The Labute approximate surface area is 96.7 Å². The molecule has 0 spiro atoms. The lowest BCUT2D eigenvalue weighted by molar-refractivity contribution is 0.328. The van der Waals surface area contributed by atoms with Crippen LogP contribution in [0.2, 0.25) is 0 Å². The van der Waals surface area contributed by atoms with E-state index < -0.39 is 0 Å². The molecule has 0 aliphatic carbocycles. The smallest absolute Gasteiger partial charge is 0.273 e. The molecule has 1 heterocycles. The predicted octanol–water partition coefficient (Wildman–Crippen LogP) is 2.13. The summed E-state index contributed by atoms with van der Waals surface area (Å²) in [6, 6.07) is 8.77. The fourth-order valence-electron chi connectivity index (χ4n) is 1.87. The second-order valence-corrected chi connectivity index (χ2v) is 4.06. The Bertz CT molecular complexity index is 376. The molecule has 1 aliphatic heterocycles. The van der Waals surface area contributed by atoms with Gasteiger partial charge in [-0.25, -0.2) is 4.99 Å². The van der Waals surface area contributed by atoms with Gasteiger partial charge in [0.2, 0.25) is 0 Å². The van der Waals surface area contributed by atoms with Gasteiger partial charge in [0.25, 0.3) is 6.40 Å². The number of ether oxygens (including phenoxy) is 1. The highest BCUT2D eigenvalue weighted by Gasteiger charge is 2.16. The number of hydrogen-bond acceptors (Lipinski definition) is 3. The summed E-state index contributed by atoms with van der Waals surface area (Å²) in [5.41, 5.74) is 2.54. The molecular weight excluding hydrogens is 200 g/mol. The van der Waals surface area contributed by atoms with E-state index >= 15 is 0 Å². The number of likely N-dealkylation sites (N-methyl/N-ethyl adjacent to an activating group) is 1. The molecule has 3 nitrogen and oxygen atoms in total. The van der Waals surface area contributed by atoms with Gasteiger partial charge >= 0.3 is 0 Å². The molecule has 1 radical (unpaired) electrons. The van der Waals surface area contributed by atoms with Crippen LogP contribution >= 0.6 is 0 Å². The van der Waals surface area contributed by atoms with Gasteiger partial charge in [-0.05, 0) is 31.5 Å². The highest BCUT2D eigenvalue weighted by Crippen LogP contribution is 2.17. The van der Waals surface area contributed by atoms with Crippen LogP contribution in [-0.4, -0.2) is 32.1 Å². The lowest BCUT2D eigenvalue weighted by Gasteiger charge is -2.25. The van der Waals surface area contributed by atoms with E-state index in [0.717, 1.165) is 13.1 Å². The van der Waals surface area contributed by atoms with Crippen LogP contribution in [0, 0.1) is 6.92 Å². The first-order chi connectivity index (χ1) is 7.79. The van der Waals surface area contributed by atoms with Gasteiger partial charge in [-0.15, -0.1) is 0 Å². The largest absolute Gasteiger partial charge is 0.472 e. The van der Waals surface area contributed by atoms with Crippen molar-refractivity contribution in [3.05, 3.63) is 29.8 Å². The van der Waals surface area contributed by atoms with Crippen LogP contribution in [0.15, 0.2) is 29.3 Å². The van der Waals surface area contributed by atoms with Crippen LogP contribution in [0.5, 0.6) is 0 Å². The van der Waals surface area contributed by atoms with Crippen LogP contribution in [-0.2, 0) is 4.74 Å². The molecule has 2 rings (SSSR count). The zero-order valence-corrected chi connectivity index (χ0v) is 9.81. The second-order valence-electron chi connectivity index (χ2n) is 4.06. The maximum Gasteiger partial charge on any atom is 0.273 e. The second kappa shape index (κ2) is 5.01. The third-order valence-electron chi connectivity index (χ3n) is 2.76. The van der Waals surface area contributed by atoms with Gasteiger partial charge in [0, 0.05) is 18.8 Å². The molecule has 0 saturated carbocycles. The molecule has 85 valence electrons. The molecular formula is C13H17N2O. The summed E-state index contributed by atoms with van der Waals surface area (Å²) in [6.07, 6.45) is 2.56. The molecule has 1 aliphatic rings. The van der Waals surface area contributed by atoms with E-state index in [1.165, 1.54) is 11.3 Å². The first-order valence-electron chi connectivity index (χ1n) is 5.68. The third-order valence-corrected chi connectivity index (χ3v) is 2.76. The van der Waals surface area contributed by atoms with Crippen molar-refractivity contribution in [3.8, 4) is 0 Å². The molecule has 0 fully saturated rings. The summed E-state index contributed by atoms with van der Waals surface area (Å²) in [7, 11) is 0. The van der Waals surface area contributed by atoms with Gasteiger partial charge in [0.15, 0.2) is 0 Å². The van der Waals surface area contributed by atoms with Gasteiger partial charge in [-0.3, -0.25) is 0 Å². The summed E-state index contributed by atoms with van der Waals surface area (Å²) in [5, 5.41) is 0. The normalized spacial score (nSPS) is 18.5. The summed E-state index contributed by atoms with van der Waals surface area (Å²) >= 11 is 0. The fraction of sp³-hybridized carbons (Fsp3) is 0.462. The third kappa shape index (κ3) is 2.54. The Morgan fingerprint density at radius 3 is 3.06 bits per heavy atom. The van der Waals surface area contributed by atoms with Crippen molar-refractivity contribution in [3.63, 3.8) is 0 Å². The molecule has 0 N–H and O–H groups in total. The van der Waals surface area contributed by atoms with Crippen molar-refractivity contribution >= 4 is 12.1 Å². The average Bonchev–Trinajstić information content (AvgIpc) is 2.78. The number of nitrogens with zero attached hydrogens (tertiary/aromatic N) is 2. The Balaban J connectivity index is 2.06. The van der Waals surface area contributed by atoms with E-state index in [0.29, 0.717) is 6.61 Å². The first-order valence-corrected chi connectivity index (χ1v) is 5.68. The molecule has 0 saturated heterocycles. The van der Waals surface area contributed by atoms with Crippen molar-refractivity contribution < 1.29 is 4.74 Å². The van der Waals surface area contributed by atoms with Crippen molar-refractivity contribution in [2.24, 2.45) is 4.99 Å². The lowest BCUT2D eigenvalue weighted by atomic mass is 10.2. The molecule has 1 unspecified atom stereocenters. The number of anilines is 1. The molecule has 1 aromatic rings. The number of benzene rings is 1. The van der Waals surface area contributed by atoms with Crippen molar-refractivity contribution in [1.82, 2.24) is 0 Å². The van der Waals surface area contributed by atoms with E-state index in [4.69, 9.17) is 4.74 Å². The average molecular weight is 217 g/mol. The number of rotatable bonds is 4. The van der Waals surface area contributed by atoms with Gasteiger partial charge in [0.1, 0.15) is 12.6 Å². The summed E-state index contributed by atoms with van der Waals surface area (Å²) in [6.45, 7) is 6.80. The maximum absolute atomic E-state index is 5.02. The van der Waals surface area contributed by atoms with E-state index in [1.807, 2.05) is 0 Å². The van der Waals surface area contributed by atoms with Gasteiger partial charge in [-0.1, -0.05) is 12.1 Å². The fourth-order valence-corrected chi connectivity index (χ4v) is 1.87. The molecule has 1 atom stereocenters. The summed E-state index contributed by atoms with van der Waals surface area (Å²) < 4.78 is 5.02. The Morgan fingerprint density at radius 2 is 2.44 bits per heavy atom. The standard InChI is InChI=1S/C13H17N2O/c1-3-15(8-12-9-16-10-14-12)13-6-4-5-11(2)7-13/h4-7,12H,3,8-9H2,1-2H3. The van der Waals surface area contributed by atoms with E-state index in [2.05, 4.69) is 54.4 Å². The summed E-state index contributed by atoms with van der Waals surface area (Å²) in [4.78, 5) is 6.47. The van der Waals surface area contributed by atoms with Crippen molar-refractivity contribution in [1.29, 1.82) is 0 Å².